The highest BCUT2D eigenvalue weighted by molar-refractivity contribution is 6.33. The Morgan fingerprint density at radius 1 is 1.17 bits per heavy atom. The number of nitrogens with one attached hydrogen (secondary N) is 3. The molecule has 3 amide bonds. The van der Waals surface area contributed by atoms with Crippen LogP contribution in [-0.4, -0.2) is 11.9 Å². The van der Waals surface area contributed by atoms with Gasteiger partial charge in [-0.3, -0.25) is 4.79 Å². The van der Waals surface area contributed by atoms with Crippen LogP contribution in [0.15, 0.2) is 28.7 Å². The molecule has 2 rings (SSSR count). The molecule has 0 saturated carbocycles. The molecular weight excluding hydrogens is 330 g/mol. The van der Waals surface area contributed by atoms with E-state index in [9.17, 15) is 9.59 Å². The lowest BCUT2D eigenvalue weighted by Gasteiger charge is -2.15. The summed E-state index contributed by atoms with van der Waals surface area (Å²) in [5.74, 6) is 1.34. The van der Waals surface area contributed by atoms with E-state index in [1.54, 1.807) is 18.2 Å². The lowest BCUT2D eigenvalue weighted by Crippen LogP contribution is -2.31. The number of urea groups is 1. The van der Waals surface area contributed by atoms with Crippen LogP contribution in [0.5, 0.6) is 0 Å². The van der Waals surface area contributed by atoms with Gasteiger partial charge in [-0.1, -0.05) is 11.6 Å². The minimum Gasteiger partial charge on any atom is -0.466 e. The monoisotopic (exact) mass is 349 g/mol. The number of hydrogen-bond donors (Lipinski definition) is 3. The summed E-state index contributed by atoms with van der Waals surface area (Å²) in [5.41, 5.74) is 1.89. The van der Waals surface area contributed by atoms with Crippen molar-refractivity contribution in [1.82, 2.24) is 5.32 Å². The van der Waals surface area contributed by atoms with Crippen LogP contribution in [-0.2, 0) is 4.79 Å². The van der Waals surface area contributed by atoms with E-state index in [1.807, 2.05) is 26.8 Å². The fraction of sp³-hybridized carbons (Fsp3) is 0.294. The summed E-state index contributed by atoms with van der Waals surface area (Å²) in [6, 6.07) is 6.20. The van der Waals surface area contributed by atoms with E-state index in [-0.39, 0.29) is 18.0 Å². The normalized spacial score (nSPS) is 11.7. The zero-order valence-electron chi connectivity index (χ0n) is 14.0. The van der Waals surface area contributed by atoms with Crippen LogP contribution in [0.25, 0.3) is 0 Å². The number of rotatable bonds is 4. The molecule has 7 heteroatoms. The lowest BCUT2D eigenvalue weighted by molar-refractivity contribution is -0.114. The quantitative estimate of drug-likeness (QED) is 0.765. The summed E-state index contributed by atoms with van der Waals surface area (Å²) in [4.78, 5) is 23.3. The minimum atomic E-state index is -0.364. The second-order valence-electron chi connectivity index (χ2n) is 5.56. The highest BCUT2D eigenvalue weighted by Crippen LogP contribution is 2.26. The maximum Gasteiger partial charge on any atom is 0.319 e. The topological polar surface area (TPSA) is 83.4 Å². The molecule has 0 spiro atoms. The van der Waals surface area contributed by atoms with Crippen molar-refractivity contribution in [2.75, 3.05) is 10.6 Å². The first-order chi connectivity index (χ1) is 11.3. The third kappa shape index (κ3) is 4.52. The number of halogens is 1. The van der Waals surface area contributed by atoms with Gasteiger partial charge < -0.3 is 20.4 Å². The van der Waals surface area contributed by atoms with Crippen molar-refractivity contribution in [2.24, 2.45) is 0 Å². The van der Waals surface area contributed by atoms with Gasteiger partial charge in [0.05, 0.1) is 16.8 Å². The second-order valence-corrected chi connectivity index (χ2v) is 5.97. The van der Waals surface area contributed by atoms with Gasteiger partial charge in [-0.2, -0.15) is 0 Å². The Hall–Kier alpha value is -2.47. The first-order valence-corrected chi connectivity index (χ1v) is 7.85. The van der Waals surface area contributed by atoms with Gasteiger partial charge in [-0.25, -0.2) is 4.79 Å². The molecule has 1 heterocycles. The number of furan rings is 1. The molecule has 0 unspecified atom stereocenters. The van der Waals surface area contributed by atoms with Gasteiger partial charge in [-0.15, -0.1) is 0 Å². The Morgan fingerprint density at radius 2 is 1.88 bits per heavy atom. The highest BCUT2D eigenvalue weighted by atomic mass is 35.5. The molecule has 6 nitrogen and oxygen atoms in total. The summed E-state index contributed by atoms with van der Waals surface area (Å²) in [7, 11) is 0. The molecule has 2 aromatic rings. The summed E-state index contributed by atoms with van der Waals surface area (Å²) in [6.45, 7) is 6.99. The Morgan fingerprint density at radius 3 is 2.46 bits per heavy atom. The maximum absolute atomic E-state index is 12.2. The summed E-state index contributed by atoms with van der Waals surface area (Å²) >= 11 is 6.01. The van der Waals surface area contributed by atoms with E-state index in [0.717, 1.165) is 17.1 Å². The van der Waals surface area contributed by atoms with E-state index in [2.05, 4.69) is 16.0 Å². The Labute approximate surface area is 145 Å². The molecule has 128 valence electrons. The molecule has 1 aromatic heterocycles. The average molecular weight is 350 g/mol. The Bertz CT molecular complexity index is 770. The smallest absolute Gasteiger partial charge is 0.319 e. The zero-order chi connectivity index (χ0) is 17.9. The maximum atomic E-state index is 12.2. The van der Waals surface area contributed by atoms with E-state index in [4.69, 9.17) is 16.0 Å². The predicted octanol–water partition coefficient (Wildman–Crippen LogP) is 4.39. The SMILES string of the molecule is CC(=O)Nc1cc(NC(=O)N[C@@H](C)c2cc(C)oc2C)ccc1Cl. The van der Waals surface area contributed by atoms with Gasteiger partial charge in [0, 0.05) is 18.2 Å². The second kappa shape index (κ2) is 7.40. The van der Waals surface area contributed by atoms with Gasteiger partial charge in [0.15, 0.2) is 0 Å². The van der Waals surface area contributed by atoms with Crippen molar-refractivity contribution in [3.05, 3.63) is 46.4 Å². The van der Waals surface area contributed by atoms with Gasteiger partial charge in [0.2, 0.25) is 5.91 Å². The molecule has 0 aliphatic carbocycles. The van der Waals surface area contributed by atoms with Crippen LogP contribution in [0.4, 0.5) is 16.2 Å². The Balaban J connectivity index is 2.04. The molecule has 0 bridgehead atoms. The first kappa shape index (κ1) is 17.9. The minimum absolute atomic E-state index is 0.204. The van der Waals surface area contributed by atoms with Crippen molar-refractivity contribution in [1.29, 1.82) is 0 Å². The lowest BCUT2D eigenvalue weighted by atomic mass is 10.1. The summed E-state index contributed by atoms with van der Waals surface area (Å²) in [6.07, 6.45) is 0. The van der Waals surface area contributed by atoms with Crippen molar-refractivity contribution >= 4 is 34.9 Å². The average Bonchev–Trinajstić information content (AvgIpc) is 2.81. The van der Waals surface area contributed by atoms with Gasteiger partial charge in [0.1, 0.15) is 11.5 Å². The van der Waals surface area contributed by atoms with Gasteiger partial charge >= 0.3 is 6.03 Å². The van der Waals surface area contributed by atoms with E-state index < -0.39 is 0 Å². The predicted molar refractivity (Wildman–Crippen MR) is 94.5 cm³/mol. The molecular formula is C17H20ClN3O3. The molecule has 0 fully saturated rings. The number of amides is 3. The summed E-state index contributed by atoms with van der Waals surface area (Å²) < 4.78 is 5.47. The van der Waals surface area contributed by atoms with Crippen molar-refractivity contribution in [3.8, 4) is 0 Å². The van der Waals surface area contributed by atoms with E-state index in [1.165, 1.54) is 6.92 Å². The number of anilines is 2. The van der Waals surface area contributed by atoms with Crippen LogP contribution in [0.1, 0.15) is 37.0 Å². The fourth-order valence-electron chi connectivity index (χ4n) is 2.41. The van der Waals surface area contributed by atoms with Crippen molar-refractivity contribution < 1.29 is 14.0 Å². The van der Waals surface area contributed by atoms with Crippen LogP contribution in [0, 0.1) is 13.8 Å². The van der Waals surface area contributed by atoms with Crippen molar-refractivity contribution in [3.63, 3.8) is 0 Å². The molecule has 0 aliphatic rings. The molecule has 0 aliphatic heterocycles. The van der Waals surface area contributed by atoms with Gasteiger partial charge in [-0.05, 0) is 45.0 Å². The standard InChI is InChI=1S/C17H20ClN3O3/c1-9-7-14(11(3)24-9)10(2)19-17(23)21-13-5-6-15(18)16(8-13)20-12(4)22/h5-8,10H,1-4H3,(H,20,22)(H2,19,21,23)/t10-/m0/s1. The zero-order valence-corrected chi connectivity index (χ0v) is 14.7. The van der Waals surface area contributed by atoms with Crippen LogP contribution in [0.2, 0.25) is 5.02 Å². The van der Waals surface area contributed by atoms with Crippen LogP contribution in [0.3, 0.4) is 0 Å². The van der Waals surface area contributed by atoms with E-state index in [0.29, 0.717) is 16.4 Å². The number of aryl methyl sites for hydroxylation is 2. The third-order valence-corrected chi connectivity index (χ3v) is 3.76. The van der Waals surface area contributed by atoms with Crippen molar-refractivity contribution in [2.45, 2.75) is 33.7 Å². The van der Waals surface area contributed by atoms with Crippen LogP contribution >= 0.6 is 11.6 Å². The molecule has 0 radical (unpaired) electrons. The number of benzene rings is 1. The highest BCUT2D eigenvalue weighted by Gasteiger charge is 2.15. The largest absolute Gasteiger partial charge is 0.466 e. The molecule has 1 aromatic carbocycles. The van der Waals surface area contributed by atoms with Gasteiger partial charge in [0.25, 0.3) is 0 Å². The number of carbonyl (C=O) groups is 2. The molecule has 1 atom stereocenters. The molecule has 24 heavy (non-hydrogen) atoms. The fourth-order valence-corrected chi connectivity index (χ4v) is 2.58. The third-order valence-electron chi connectivity index (χ3n) is 3.43. The van der Waals surface area contributed by atoms with Crippen LogP contribution < -0.4 is 16.0 Å². The van der Waals surface area contributed by atoms with E-state index >= 15 is 0 Å². The first-order valence-electron chi connectivity index (χ1n) is 7.48. The Kier molecular flexibility index (Phi) is 5.51. The summed E-state index contributed by atoms with van der Waals surface area (Å²) in [5, 5.41) is 8.57. The molecule has 0 saturated heterocycles. The molecule has 3 N–H and O–H groups in total. The number of carbonyl (C=O) groups excluding carboxylic acids is 2. The number of hydrogen-bond acceptors (Lipinski definition) is 3.